The van der Waals surface area contributed by atoms with Crippen molar-refractivity contribution in [1.29, 1.82) is 15.9 Å². The second kappa shape index (κ2) is 2.59. The molecule has 0 fully saturated rings. The van der Waals surface area contributed by atoms with Crippen molar-refractivity contribution in [3.63, 3.8) is 0 Å². The van der Waals surface area contributed by atoms with Crippen LogP contribution in [0.15, 0.2) is 0 Å². The van der Waals surface area contributed by atoms with Gasteiger partial charge in [-0.2, -0.15) is 10.5 Å². The number of amidine groups is 1. The monoisotopic (exact) mass is 108 g/mol. The van der Waals surface area contributed by atoms with Gasteiger partial charge in [-0.1, -0.05) is 0 Å². The van der Waals surface area contributed by atoms with Crippen LogP contribution in [0.4, 0.5) is 0 Å². The van der Waals surface area contributed by atoms with Crippen LogP contribution in [0.2, 0.25) is 0 Å². The first-order chi connectivity index (χ1) is 3.72. The number of hydrogen-bond donors (Lipinski definition) is 2. The van der Waals surface area contributed by atoms with E-state index in [1.807, 2.05) is 0 Å². The van der Waals surface area contributed by atoms with Crippen LogP contribution >= 0.6 is 0 Å². The number of hydrogen-bond acceptors (Lipinski definition) is 3. The van der Waals surface area contributed by atoms with Gasteiger partial charge in [0, 0.05) is 0 Å². The van der Waals surface area contributed by atoms with Gasteiger partial charge in [-0.05, 0) is 0 Å². The van der Waals surface area contributed by atoms with Crippen molar-refractivity contribution >= 4 is 5.84 Å². The van der Waals surface area contributed by atoms with E-state index < -0.39 is 11.8 Å². The lowest BCUT2D eigenvalue weighted by molar-refractivity contribution is 1.11. The first kappa shape index (κ1) is 6.45. The lowest BCUT2D eigenvalue weighted by atomic mass is 10.2. The molecule has 0 radical (unpaired) electrons. The summed E-state index contributed by atoms with van der Waals surface area (Å²) in [5.41, 5.74) is 4.80. The quantitative estimate of drug-likeness (QED) is 0.352. The molecule has 0 spiro atoms. The number of nitrogens with zero attached hydrogens (tertiary/aromatic N) is 2. The molecule has 0 atom stereocenters. The Hall–Kier alpha value is -1.55. The fourth-order valence-corrected chi connectivity index (χ4v) is 0.168. The zero-order chi connectivity index (χ0) is 6.57. The number of nitrogens with one attached hydrogen (secondary N) is 1. The molecule has 0 amide bonds. The molecule has 0 saturated heterocycles. The van der Waals surface area contributed by atoms with Crippen molar-refractivity contribution in [3.05, 3.63) is 0 Å². The molecular weight excluding hydrogens is 104 g/mol. The van der Waals surface area contributed by atoms with Crippen LogP contribution in [0.3, 0.4) is 0 Å². The van der Waals surface area contributed by atoms with Gasteiger partial charge in [0.2, 0.25) is 0 Å². The summed E-state index contributed by atoms with van der Waals surface area (Å²) >= 11 is 0. The molecule has 8 heavy (non-hydrogen) atoms. The third kappa shape index (κ3) is 1.27. The molecule has 4 nitrogen and oxygen atoms in total. The Bertz CT molecular complexity index is 155. The maximum absolute atomic E-state index is 8.00. The maximum Gasteiger partial charge on any atom is 0.189 e. The number of nitriles is 2. The van der Waals surface area contributed by atoms with E-state index in [1.165, 1.54) is 0 Å². The zero-order valence-electron chi connectivity index (χ0n) is 4.05. The van der Waals surface area contributed by atoms with Crippen molar-refractivity contribution < 1.29 is 0 Å². The lowest BCUT2D eigenvalue weighted by Crippen LogP contribution is -2.19. The van der Waals surface area contributed by atoms with Crippen LogP contribution in [0, 0.1) is 34.0 Å². The topological polar surface area (TPSA) is 97.5 Å². The molecule has 0 aliphatic heterocycles. The Morgan fingerprint density at radius 1 is 1.50 bits per heavy atom. The average Bonchev–Trinajstić information content (AvgIpc) is 1.69. The Morgan fingerprint density at radius 3 is 1.88 bits per heavy atom. The zero-order valence-corrected chi connectivity index (χ0v) is 4.05. The molecule has 4 heteroatoms. The van der Waals surface area contributed by atoms with E-state index in [0.29, 0.717) is 0 Å². The molecule has 0 bridgehead atoms. The molecule has 40 valence electrons. The molecule has 0 aromatic carbocycles. The second-order valence-corrected chi connectivity index (χ2v) is 1.15. The minimum atomic E-state index is -1.07. The lowest BCUT2D eigenvalue weighted by Gasteiger charge is -1.89. The van der Waals surface area contributed by atoms with Gasteiger partial charge in [-0.3, -0.25) is 5.41 Å². The summed E-state index contributed by atoms with van der Waals surface area (Å²) in [6.07, 6.45) is 0. The minimum Gasteiger partial charge on any atom is -0.386 e. The number of nitrogens with two attached hydrogens (primary N) is 1. The van der Waals surface area contributed by atoms with E-state index >= 15 is 0 Å². The van der Waals surface area contributed by atoms with E-state index in [0.717, 1.165) is 0 Å². The summed E-state index contributed by atoms with van der Waals surface area (Å²) in [5.74, 6) is -1.47. The first-order valence-electron chi connectivity index (χ1n) is 1.85. The second-order valence-electron chi connectivity index (χ2n) is 1.15. The van der Waals surface area contributed by atoms with Crippen LogP contribution in [-0.2, 0) is 0 Å². The van der Waals surface area contributed by atoms with Crippen molar-refractivity contribution in [1.82, 2.24) is 0 Å². The summed E-state index contributed by atoms with van der Waals surface area (Å²) in [6.45, 7) is 0. The van der Waals surface area contributed by atoms with Gasteiger partial charge in [-0.15, -0.1) is 0 Å². The fourth-order valence-electron chi connectivity index (χ4n) is 0.168. The van der Waals surface area contributed by atoms with E-state index in [9.17, 15) is 0 Å². The Kier molecular flexibility index (Phi) is 2.09. The average molecular weight is 108 g/mol. The van der Waals surface area contributed by atoms with Gasteiger partial charge in [0.25, 0.3) is 0 Å². The summed E-state index contributed by atoms with van der Waals surface area (Å²) in [5, 5.41) is 22.6. The van der Waals surface area contributed by atoms with Crippen molar-refractivity contribution in [2.45, 2.75) is 0 Å². The summed E-state index contributed by atoms with van der Waals surface area (Å²) in [7, 11) is 0. The Balaban J connectivity index is 4.02. The van der Waals surface area contributed by atoms with Gasteiger partial charge in [0.15, 0.2) is 5.92 Å². The van der Waals surface area contributed by atoms with Crippen LogP contribution < -0.4 is 5.73 Å². The molecular formula is C4H4N4. The fraction of sp³-hybridized carbons (Fsp3) is 0.250. The predicted octanol–water partition coefficient (Wildman–Crippen LogP) is -0.414. The summed E-state index contributed by atoms with van der Waals surface area (Å²) in [6, 6.07) is 3.08. The largest absolute Gasteiger partial charge is 0.386 e. The highest BCUT2D eigenvalue weighted by Crippen LogP contribution is 1.86. The molecule has 0 unspecified atom stereocenters. The summed E-state index contributed by atoms with van der Waals surface area (Å²) in [4.78, 5) is 0. The molecule has 0 rings (SSSR count). The van der Waals surface area contributed by atoms with Crippen molar-refractivity contribution in [2.75, 3.05) is 0 Å². The molecule has 0 aliphatic rings. The molecule has 0 aliphatic carbocycles. The normalized spacial score (nSPS) is 7.38. The Labute approximate surface area is 46.6 Å². The summed E-state index contributed by atoms with van der Waals surface area (Å²) < 4.78 is 0. The highest BCUT2D eigenvalue weighted by atomic mass is 14.7. The van der Waals surface area contributed by atoms with E-state index in [1.54, 1.807) is 12.1 Å². The van der Waals surface area contributed by atoms with E-state index in [4.69, 9.17) is 21.7 Å². The van der Waals surface area contributed by atoms with Gasteiger partial charge in [-0.25, -0.2) is 0 Å². The third-order valence-corrected chi connectivity index (χ3v) is 0.569. The Morgan fingerprint density at radius 2 is 1.88 bits per heavy atom. The van der Waals surface area contributed by atoms with E-state index in [2.05, 4.69) is 0 Å². The van der Waals surface area contributed by atoms with Gasteiger partial charge >= 0.3 is 0 Å². The van der Waals surface area contributed by atoms with Crippen LogP contribution in [-0.4, -0.2) is 5.84 Å². The van der Waals surface area contributed by atoms with Gasteiger partial charge in [0.05, 0.1) is 12.1 Å². The predicted molar refractivity (Wildman–Crippen MR) is 26.6 cm³/mol. The van der Waals surface area contributed by atoms with Crippen LogP contribution in [0.1, 0.15) is 0 Å². The SMILES string of the molecule is N#CC(C#N)C(=N)N. The third-order valence-electron chi connectivity index (χ3n) is 0.569. The van der Waals surface area contributed by atoms with Crippen molar-refractivity contribution in [3.8, 4) is 12.1 Å². The van der Waals surface area contributed by atoms with E-state index in [-0.39, 0.29) is 0 Å². The molecule has 0 saturated carbocycles. The smallest absolute Gasteiger partial charge is 0.189 e. The molecule has 0 aromatic rings. The number of rotatable bonds is 1. The van der Waals surface area contributed by atoms with Crippen LogP contribution in [0.5, 0.6) is 0 Å². The maximum atomic E-state index is 8.00. The highest BCUT2D eigenvalue weighted by Gasteiger charge is 2.06. The molecule has 3 N–H and O–H groups in total. The van der Waals surface area contributed by atoms with Gasteiger partial charge in [0.1, 0.15) is 5.84 Å². The van der Waals surface area contributed by atoms with Crippen LogP contribution in [0.25, 0.3) is 0 Å². The highest BCUT2D eigenvalue weighted by molar-refractivity contribution is 5.84. The molecule has 0 heterocycles. The van der Waals surface area contributed by atoms with Crippen molar-refractivity contribution in [2.24, 2.45) is 11.7 Å². The first-order valence-corrected chi connectivity index (χ1v) is 1.85. The standard InChI is InChI=1S/C4H4N4/c5-1-3(2-6)4(7)8/h3H,(H3,7,8). The molecule has 0 aromatic heterocycles. The van der Waals surface area contributed by atoms with Gasteiger partial charge < -0.3 is 5.73 Å². The minimum absolute atomic E-state index is 0.394.